The van der Waals surface area contributed by atoms with E-state index >= 15 is 0 Å². The van der Waals surface area contributed by atoms with E-state index in [0.717, 1.165) is 5.56 Å². The lowest BCUT2D eigenvalue weighted by molar-refractivity contribution is -0.0260. The van der Waals surface area contributed by atoms with Crippen LogP contribution in [0.15, 0.2) is 55.0 Å². The lowest BCUT2D eigenvalue weighted by Crippen LogP contribution is -2.48. The largest absolute Gasteiger partial charge is 0.389 e. The predicted molar refractivity (Wildman–Crippen MR) is 118 cm³/mol. The second kappa shape index (κ2) is 8.76. The molecule has 2 aromatic carbocycles. The average molecular weight is 452 g/mol. The molecule has 170 valence electrons. The SMILES string of the molecule is O=C(N[C@H]1CCOC[C@@H]1O)c1cn(Cc2ccc(-c3cn[nH]c3)cc2F)c2cccc(F)c12. The molecule has 0 aliphatic carbocycles. The first-order chi connectivity index (χ1) is 16.0. The molecule has 0 bridgehead atoms. The van der Waals surface area contributed by atoms with Crippen molar-refractivity contribution in [2.24, 2.45) is 0 Å². The van der Waals surface area contributed by atoms with Crippen molar-refractivity contribution in [3.63, 3.8) is 0 Å². The normalized spacial score (nSPS) is 18.5. The fourth-order valence-corrected chi connectivity index (χ4v) is 4.20. The number of hydrogen-bond donors (Lipinski definition) is 3. The maximum absolute atomic E-state index is 14.9. The summed E-state index contributed by atoms with van der Waals surface area (Å²) < 4.78 is 36.5. The van der Waals surface area contributed by atoms with Gasteiger partial charge in [-0.3, -0.25) is 9.89 Å². The summed E-state index contributed by atoms with van der Waals surface area (Å²) in [5.74, 6) is -1.45. The van der Waals surface area contributed by atoms with E-state index in [2.05, 4.69) is 15.5 Å². The monoisotopic (exact) mass is 452 g/mol. The summed E-state index contributed by atoms with van der Waals surface area (Å²) >= 11 is 0. The number of halogens is 2. The second-order valence-corrected chi connectivity index (χ2v) is 8.11. The number of benzene rings is 2. The fourth-order valence-electron chi connectivity index (χ4n) is 4.20. The first-order valence-corrected chi connectivity index (χ1v) is 10.6. The van der Waals surface area contributed by atoms with Gasteiger partial charge in [-0.15, -0.1) is 0 Å². The molecule has 1 saturated heterocycles. The number of aromatic amines is 1. The molecule has 9 heteroatoms. The average Bonchev–Trinajstić information content (AvgIpc) is 3.46. The molecule has 0 unspecified atom stereocenters. The highest BCUT2D eigenvalue weighted by Crippen LogP contribution is 2.27. The van der Waals surface area contributed by atoms with E-state index in [9.17, 15) is 18.7 Å². The van der Waals surface area contributed by atoms with Crippen LogP contribution in [0.2, 0.25) is 0 Å². The number of aliphatic hydroxyl groups is 1. The third-order valence-electron chi connectivity index (χ3n) is 5.97. The Kier molecular flexibility index (Phi) is 5.65. The van der Waals surface area contributed by atoms with Crippen LogP contribution in [0.3, 0.4) is 0 Å². The van der Waals surface area contributed by atoms with Gasteiger partial charge in [0, 0.05) is 35.5 Å². The van der Waals surface area contributed by atoms with Crippen LogP contribution < -0.4 is 5.32 Å². The lowest BCUT2D eigenvalue weighted by Gasteiger charge is -2.28. The molecule has 1 amide bonds. The molecule has 1 aliphatic heterocycles. The van der Waals surface area contributed by atoms with Gasteiger partial charge in [0.25, 0.3) is 5.91 Å². The van der Waals surface area contributed by atoms with Crippen LogP contribution in [0.25, 0.3) is 22.0 Å². The Labute approximate surface area is 188 Å². The minimum absolute atomic E-state index is 0.116. The molecule has 4 aromatic rings. The highest BCUT2D eigenvalue weighted by atomic mass is 19.1. The van der Waals surface area contributed by atoms with Gasteiger partial charge < -0.3 is 19.7 Å². The minimum Gasteiger partial charge on any atom is -0.389 e. The first-order valence-electron chi connectivity index (χ1n) is 10.6. The van der Waals surface area contributed by atoms with Crippen LogP contribution in [-0.4, -0.2) is 51.1 Å². The van der Waals surface area contributed by atoms with E-state index in [0.29, 0.717) is 29.7 Å². The van der Waals surface area contributed by atoms with Crippen molar-refractivity contribution in [3.8, 4) is 11.1 Å². The van der Waals surface area contributed by atoms with Crippen LogP contribution in [0.4, 0.5) is 8.78 Å². The van der Waals surface area contributed by atoms with Crippen molar-refractivity contribution in [1.82, 2.24) is 20.1 Å². The summed E-state index contributed by atoms with van der Waals surface area (Å²) in [6, 6.07) is 8.92. The van der Waals surface area contributed by atoms with E-state index < -0.39 is 29.7 Å². The van der Waals surface area contributed by atoms with E-state index in [-0.39, 0.29) is 24.1 Å². The molecule has 5 rings (SSSR count). The van der Waals surface area contributed by atoms with Crippen molar-refractivity contribution in [2.75, 3.05) is 13.2 Å². The smallest absolute Gasteiger partial charge is 0.253 e. The molecular formula is C24H22F2N4O3. The van der Waals surface area contributed by atoms with Crippen molar-refractivity contribution in [3.05, 3.63) is 77.8 Å². The molecule has 0 radical (unpaired) electrons. The van der Waals surface area contributed by atoms with E-state index in [1.807, 2.05) is 0 Å². The maximum Gasteiger partial charge on any atom is 0.253 e. The molecule has 0 saturated carbocycles. The quantitative estimate of drug-likeness (QED) is 0.434. The molecule has 33 heavy (non-hydrogen) atoms. The summed E-state index contributed by atoms with van der Waals surface area (Å²) in [7, 11) is 0. The van der Waals surface area contributed by atoms with Crippen molar-refractivity contribution in [2.45, 2.75) is 25.1 Å². The number of aliphatic hydroxyl groups excluding tert-OH is 1. The van der Waals surface area contributed by atoms with Crippen molar-refractivity contribution >= 4 is 16.8 Å². The van der Waals surface area contributed by atoms with Crippen molar-refractivity contribution in [1.29, 1.82) is 0 Å². The molecular weight excluding hydrogens is 430 g/mol. The van der Waals surface area contributed by atoms with E-state index in [4.69, 9.17) is 4.74 Å². The van der Waals surface area contributed by atoms with Crippen molar-refractivity contribution < 1.29 is 23.4 Å². The van der Waals surface area contributed by atoms with E-state index in [1.54, 1.807) is 41.2 Å². The van der Waals surface area contributed by atoms with Gasteiger partial charge in [0.15, 0.2) is 0 Å². The Morgan fingerprint density at radius 1 is 1.24 bits per heavy atom. The Bertz CT molecular complexity index is 1300. The van der Waals surface area contributed by atoms with E-state index in [1.165, 1.54) is 18.3 Å². The number of aromatic nitrogens is 3. The van der Waals surface area contributed by atoms with Crippen LogP contribution in [0, 0.1) is 11.6 Å². The van der Waals surface area contributed by atoms with Gasteiger partial charge in [0.05, 0.1) is 42.6 Å². The van der Waals surface area contributed by atoms with Gasteiger partial charge in [-0.1, -0.05) is 18.2 Å². The highest BCUT2D eigenvalue weighted by Gasteiger charge is 2.27. The Morgan fingerprint density at radius 2 is 2.12 bits per heavy atom. The third kappa shape index (κ3) is 4.12. The number of hydrogen-bond acceptors (Lipinski definition) is 4. The zero-order valence-electron chi connectivity index (χ0n) is 17.6. The van der Waals surface area contributed by atoms with Gasteiger partial charge in [0.1, 0.15) is 11.6 Å². The molecule has 7 nitrogen and oxygen atoms in total. The Balaban J connectivity index is 1.47. The van der Waals surface area contributed by atoms with Crippen LogP contribution in [-0.2, 0) is 11.3 Å². The minimum atomic E-state index is -0.830. The second-order valence-electron chi connectivity index (χ2n) is 8.11. The molecule has 2 aromatic heterocycles. The fraction of sp³-hybridized carbons (Fsp3) is 0.250. The topological polar surface area (TPSA) is 92.2 Å². The van der Waals surface area contributed by atoms with Gasteiger partial charge in [-0.2, -0.15) is 5.10 Å². The number of rotatable bonds is 5. The van der Waals surface area contributed by atoms with Gasteiger partial charge in [0.2, 0.25) is 0 Å². The number of carbonyl (C=O) groups is 1. The number of carbonyl (C=O) groups excluding carboxylic acids is 1. The van der Waals surface area contributed by atoms with Crippen LogP contribution >= 0.6 is 0 Å². The molecule has 0 spiro atoms. The third-order valence-corrected chi connectivity index (χ3v) is 5.97. The summed E-state index contributed by atoms with van der Waals surface area (Å²) in [5.41, 5.74) is 2.46. The number of H-pyrrole nitrogens is 1. The molecule has 3 heterocycles. The number of amides is 1. The predicted octanol–water partition coefficient (Wildman–Crippen LogP) is 3.24. The van der Waals surface area contributed by atoms with Gasteiger partial charge >= 0.3 is 0 Å². The standard InChI is InChI=1S/C24H22F2N4O3/c25-18-2-1-3-21-23(18)17(24(32)29-20-6-7-33-13-22(20)31)12-30(21)11-15-5-4-14(8-19(15)26)16-9-27-28-10-16/h1-5,8-10,12,20,22,31H,6-7,11,13H2,(H,27,28)(H,29,32)/t20-,22-/m0/s1. The lowest BCUT2D eigenvalue weighted by atomic mass is 10.1. The first kappa shape index (κ1) is 21.3. The van der Waals surface area contributed by atoms with Gasteiger partial charge in [-0.25, -0.2) is 8.78 Å². The van der Waals surface area contributed by atoms with Gasteiger partial charge in [-0.05, 0) is 30.2 Å². The summed E-state index contributed by atoms with van der Waals surface area (Å²) in [4.78, 5) is 13.0. The molecule has 3 N–H and O–H groups in total. The molecule has 1 aliphatic rings. The molecule has 2 atom stereocenters. The highest BCUT2D eigenvalue weighted by molar-refractivity contribution is 6.07. The number of fused-ring (bicyclic) bond motifs is 1. The number of ether oxygens (including phenoxy) is 1. The number of nitrogens with zero attached hydrogens (tertiary/aromatic N) is 2. The zero-order chi connectivity index (χ0) is 22.9. The summed E-state index contributed by atoms with van der Waals surface area (Å²) in [5, 5.41) is 19.6. The maximum atomic E-state index is 14.9. The van der Waals surface area contributed by atoms with Crippen LogP contribution in [0.1, 0.15) is 22.3 Å². The van der Waals surface area contributed by atoms with Crippen LogP contribution in [0.5, 0.6) is 0 Å². The Hall–Kier alpha value is -3.56. The summed E-state index contributed by atoms with van der Waals surface area (Å²) in [6.45, 7) is 0.673. The Morgan fingerprint density at radius 3 is 2.88 bits per heavy atom. The number of nitrogens with one attached hydrogen (secondary N) is 2. The summed E-state index contributed by atoms with van der Waals surface area (Å²) in [6.07, 6.45) is 4.44. The molecule has 1 fully saturated rings. The zero-order valence-corrected chi connectivity index (χ0v) is 17.6.